The Kier molecular flexibility index (Phi) is 5.71. The molecule has 1 nitrogen and oxygen atoms in total. The molecule has 0 saturated heterocycles. The van der Waals surface area contributed by atoms with Crippen LogP contribution >= 0.6 is 11.6 Å². The van der Waals surface area contributed by atoms with Crippen LogP contribution < -0.4 is 5.32 Å². The Bertz CT molecular complexity index is 601. The third-order valence-electron chi connectivity index (χ3n) is 3.32. The fourth-order valence-corrected chi connectivity index (χ4v) is 2.47. The summed E-state index contributed by atoms with van der Waals surface area (Å²) >= 11 is 6.02. The van der Waals surface area contributed by atoms with Gasteiger partial charge < -0.3 is 5.32 Å². The van der Waals surface area contributed by atoms with Crippen LogP contribution in [-0.2, 0) is 6.42 Å². The van der Waals surface area contributed by atoms with Crippen molar-refractivity contribution < 1.29 is 8.78 Å². The van der Waals surface area contributed by atoms with Gasteiger partial charge in [-0.3, -0.25) is 0 Å². The Balaban J connectivity index is 2.25. The molecule has 1 atom stereocenters. The highest BCUT2D eigenvalue weighted by molar-refractivity contribution is 6.30. The molecule has 0 saturated carbocycles. The zero-order chi connectivity index (χ0) is 15.2. The van der Waals surface area contributed by atoms with Gasteiger partial charge in [0, 0.05) is 11.1 Å². The minimum absolute atomic E-state index is 0.0973. The van der Waals surface area contributed by atoms with Crippen LogP contribution in [0.15, 0.2) is 42.5 Å². The maximum absolute atomic E-state index is 13.8. The second-order valence-corrected chi connectivity index (χ2v) is 5.44. The fraction of sp³-hybridized carbons (Fsp3) is 0.294. The summed E-state index contributed by atoms with van der Waals surface area (Å²) in [5.41, 5.74) is 1.34. The number of hydrogen-bond donors (Lipinski definition) is 1. The molecule has 0 aliphatic rings. The van der Waals surface area contributed by atoms with E-state index in [0.29, 0.717) is 17.0 Å². The van der Waals surface area contributed by atoms with E-state index in [4.69, 9.17) is 11.6 Å². The van der Waals surface area contributed by atoms with Gasteiger partial charge in [0.05, 0.1) is 0 Å². The Labute approximate surface area is 128 Å². The topological polar surface area (TPSA) is 12.0 Å². The second-order valence-electron chi connectivity index (χ2n) is 5.00. The number of halogens is 3. The molecule has 1 N–H and O–H groups in total. The van der Waals surface area contributed by atoms with Gasteiger partial charge in [-0.05, 0) is 60.8 Å². The van der Waals surface area contributed by atoms with Crippen LogP contribution in [0, 0.1) is 11.6 Å². The highest BCUT2D eigenvalue weighted by Crippen LogP contribution is 2.23. The molecule has 21 heavy (non-hydrogen) atoms. The molecular weight excluding hydrogens is 292 g/mol. The van der Waals surface area contributed by atoms with E-state index in [0.717, 1.165) is 24.6 Å². The lowest BCUT2D eigenvalue weighted by Gasteiger charge is -2.20. The quantitative estimate of drug-likeness (QED) is 0.800. The zero-order valence-electron chi connectivity index (χ0n) is 11.9. The zero-order valence-corrected chi connectivity index (χ0v) is 12.6. The predicted octanol–water partition coefficient (Wildman–Crippen LogP) is 4.90. The largest absolute Gasteiger partial charge is 0.310 e. The normalized spacial score (nSPS) is 12.4. The Morgan fingerprint density at radius 3 is 2.67 bits per heavy atom. The van der Waals surface area contributed by atoms with Crippen LogP contribution in [0.2, 0.25) is 5.02 Å². The summed E-state index contributed by atoms with van der Waals surface area (Å²) in [6.45, 7) is 2.86. The monoisotopic (exact) mass is 309 g/mol. The van der Waals surface area contributed by atoms with E-state index in [1.165, 1.54) is 12.1 Å². The van der Waals surface area contributed by atoms with Gasteiger partial charge in [0.2, 0.25) is 0 Å². The molecule has 0 aliphatic carbocycles. The summed E-state index contributed by atoms with van der Waals surface area (Å²) in [7, 11) is 0. The van der Waals surface area contributed by atoms with Crippen LogP contribution in [0.4, 0.5) is 8.78 Å². The van der Waals surface area contributed by atoms with E-state index >= 15 is 0 Å². The maximum atomic E-state index is 13.8. The van der Waals surface area contributed by atoms with E-state index in [-0.39, 0.29) is 11.9 Å². The van der Waals surface area contributed by atoms with Gasteiger partial charge in [0.25, 0.3) is 0 Å². The summed E-state index contributed by atoms with van der Waals surface area (Å²) in [6.07, 6.45) is 1.34. The average Bonchev–Trinajstić information content (AvgIpc) is 2.47. The lowest BCUT2D eigenvalue weighted by atomic mass is 9.98. The molecule has 4 heteroatoms. The van der Waals surface area contributed by atoms with Crippen LogP contribution in [0.1, 0.15) is 30.5 Å². The van der Waals surface area contributed by atoms with E-state index in [2.05, 4.69) is 12.2 Å². The van der Waals surface area contributed by atoms with Gasteiger partial charge in [0.15, 0.2) is 0 Å². The maximum Gasteiger partial charge on any atom is 0.126 e. The molecule has 0 spiro atoms. The summed E-state index contributed by atoms with van der Waals surface area (Å²) < 4.78 is 27.1. The predicted molar refractivity (Wildman–Crippen MR) is 82.5 cm³/mol. The lowest BCUT2D eigenvalue weighted by Crippen LogP contribution is -2.24. The number of rotatable bonds is 6. The van der Waals surface area contributed by atoms with Crippen molar-refractivity contribution in [1.29, 1.82) is 0 Å². The van der Waals surface area contributed by atoms with Crippen molar-refractivity contribution in [1.82, 2.24) is 5.32 Å². The van der Waals surface area contributed by atoms with Gasteiger partial charge in [0.1, 0.15) is 11.6 Å². The molecule has 0 radical (unpaired) electrons. The van der Waals surface area contributed by atoms with Crippen molar-refractivity contribution in [2.75, 3.05) is 6.54 Å². The number of nitrogens with one attached hydrogen (secondary N) is 1. The highest BCUT2D eigenvalue weighted by Gasteiger charge is 2.15. The Hall–Kier alpha value is -1.45. The smallest absolute Gasteiger partial charge is 0.126 e. The first-order chi connectivity index (χ1) is 10.1. The van der Waals surface area contributed by atoms with Crippen LogP contribution in [0.25, 0.3) is 0 Å². The Morgan fingerprint density at radius 1 is 1.14 bits per heavy atom. The first-order valence-corrected chi connectivity index (χ1v) is 7.40. The van der Waals surface area contributed by atoms with Gasteiger partial charge >= 0.3 is 0 Å². The molecule has 0 aromatic heterocycles. The molecule has 2 aromatic carbocycles. The van der Waals surface area contributed by atoms with Crippen molar-refractivity contribution in [3.05, 3.63) is 70.2 Å². The molecule has 2 aromatic rings. The van der Waals surface area contributed by atoms with Gasteiger partial charge in [-0.15, -0.1) is 0 Å². The van der Waals surface area contributed by atoms with Crippen LogP contribution in [0.3, 0.4) is 0 Å². The van der Waals surface area contributed by atoms with Crippen molar-refractivity contribution in [2.24, 2.45) is 0 Å². The SMILES string of the molecule is CCCNC(Cc1cc(F)ccc1F)c1cccc(Cl)c1. The highest BCUT2D eigenvalue weighted by atomic mass is 35.5. The molecule has 1 unspecified atom stereocenters. The summed E-state index contributed by atoms with van der Waals surface area (Å²) in [4.78, 5) is 0. The second kappa shape index (κ2) is 7.53. The van der Waals surface area contributed by atoms with Crippen molar-refractivity contribution in [3.8, 4) is 0 Å². The first kappa shape index (κ1) is 15.9. The third kappa shape index (κ3) is 4.51. The average molecular weight is 310 g/mol. The van der Waals surface area contributed by atoms with E-state index in [1.54, 1.807) is 6.07 Å². The minimum Gasteiger partial charge on any atom is -0.310 e. The van der Waals surface area contributed by atoms with Crippen molar-refractivity contribution in [2.45, 2.75) is 25.8 Å². The minimum atomic E-state index is -0.424. The molecule has 0 heterocycles. The van der Waals surface area contributed by atoms with E-state index in [1.807, 2.05) is 18.2 Å². The van der Waals surface area contributed by atoms with Gasteiger partial charge in [-0.1, -0.05) is 30.7 Å². The Morgan fingerprint density at radius 2 is 1.95 bits per heavy atom. The van der Waals surface area contributed by atoms with Crippen molar-refractivity contribution >= 4 is 11.6 Å². The fourth-order valence-electron chi connectivity index (χ4n) is 2.27. The lowest BCUT2D eigenvalue weighted by molar-refractivity contribution is 0.508. The van der Waals surface area contributed by atoms with Gasteiger partial charge in [-0.25, -0.2) is 8.78 Å². The van der Waals surface area contributed by atoms with E-state index in [9.17, 15) is 8.78 Å². The van der Waals surface area contributed by atoms with Crippen LogP contribution in [-0.4, -0.2) is 6.54 Å². The molecule has 0 bridgehead atoms. The standard InChI is InChI=1S/C17H18ClF2N/c1-2-8-21-17(12-4-3-5-14(18)9-12)11-13-10-15(19)6-7-16(13)20/h3-7,9-10,17,21H,2,8,11H2,1H3. The van der Waals surface area contributed by atoms with E-state index < -0.39 is 5.82 Å². The molecule has 112 valence electrons. The van der Waals surface area contributed by atoms with Crippen LogP contribution in [0.5, 0.6) is 0 Å². The van der Waals surface area contributed by atoms with Crippen molar-refractivity contribution in [3.63, 3.8) is 0 Å². The molecule has 2 rings (SSSR count). The number of hydrogen-bond acceptors (Lipinski definition) is 1. The molecule has 0 aliphatic heterocycles. The summed E-state index contributed by atoms with van der Waals surface area (Å²) in [5, 5.41) is 4.00. The molecular formula is C17H18ClF2N. The number of benzene rings is 2. The molecule has 0 fully saturated rings. The first-order valence-electron chi connectivity index (χ1n) is 7.03. The summed E-state index contributed by atoms with van der Waals surface area (Å²) in [5.74, 6) is -0.812. The summed E-state index contributed by atoms with van der Waals surface area (Å²) in [6, 6.07) is 10.9. The third-order valence-corrected chi connectivity index (χ3v) is 3.56. The van der Waals surface area contributed by atoms with Gasteiger partial charge in [-0.2, -0.15) is 0 Å². The molecule has 0 amide bonds.